The number of rotatable bonds is 1. The Morgan fingerprint density at radius 3 is 2.79 bits per heavy atom. The van der Waals surface area contributed by atoms with Gasteiger partial charge in [-0.2, -0.15) is 0 Å². The minimum atomic E-state index is -0.112. The van der Waals surface area contributed by atoms with Crippen LogP contribution >= 0.6 is 0 Å². The van der Waals surface area contributed by atoms with Crippen molar-refractivity contribution in [2.75, 3.05) is 26.3 Å². The summed E-state index contributed by atoms with van der Waals surface area (Å²) in [7, 11) is 0. The molecule has 0 aliphatic carbocycles. The average Bonchev–Trinajstić information content (AvgIpc) is 2.65. The molecule has 0 unspecified atom stereocenters. The molecular weight excluding hydrogens is 249 g/mol. The van der Waals surface area contributed by atoms with Crippen LogP contribution in [-0.4, -0.2) is 61.0 Å². The molecule has 6 heteroatoms. The topological polar surface area (TPSA) is 55.3 Å². The second-order valence-electron chi connectivity index (χ2n) is 3.09. The predicted molar refractivity (Wildman–Crippen MR) is 50.4 cm³/mol. The van der Waals surface area contributed by atoms with Crippen LogP contribution in [0.5, 0.6) is 0 Å². The first kappa shape index (κ1) is 9.83. The molecule has 0 aromatic carbocycles. The van der Waals surface area contributed by atoms with Gasteiger partial charge in [-0.3, -0.25) is 0 Å². The molecule has 1 aromatic heterocycles. The summed E-state index contributed by atoms with van der Waals surface area (Å²) in [5.74, 6) is 0.0933. The zero-order valence-corrected chi connectivity index (χ0v) is 9.61. The number of carbonyl (C=O) groups excluding carboxylic acids is 1. The Kier molecular flexibility index (Phi) is 2.96. The van der Waals surface area contributed by atoms with E-state index in [-0.39, 0.29) is 20.6 Å². The van der Waals surface area contributed by atoms with Crippen LogP contribution in [0.3, 0.4) is 0 Å². The van der Waals surface area contributed by atoms with Crippen molar-refractivity contribution in [3.8, 4) is 0 Å². The van der Waals surface area contributed by atoms with Crippen LogP contribution < -0.4 is 0 Å². The van der Waals surface area contributed by atoms with Gasteiger partial charge in [0.1, 0.15) is 0 Å². The molecule has 1 fully saturated rings. The van der Waals surface area contributed by atoms with Crippen molar-refractivity contribution < 1.29 is 9.53 Å². The van der Waals surface area contributed by atoms with Crippen molar-refractivity contribution in [2.24, 2.45) is 0 Å². The Bertz CT molecular complexity index is 333. The number of hydrogen-bond donors (Lipinski definition) is 0. The van der Waals surface area contributed by atoms with Crippen LogP contribution in [0.4, 0.5) is 0 Å². The zero-order chi connectivity index (χ0) is 9.97. The van der Waals surface area contributed by atoms with Gasteiger partial charge in [0, 0.05) is 0 Å². The summed E-state index contributed by atoms with van der Waals surface area (Å²) in [4.78, 5) is 13.7. The fourth-order valence-corrected chi connectivity index (χ4v) is 2.65. The van der Waals surface area contributed by atoms with E-state index in [1.807, 2.05) is 11.8 Å². The number of ether oxygens (including phenoxy) is 1. The number of nitrogens with zero attached hydrogens (tertiary/aromatic N) is 3. The van der Waals surface area contributed by atoms with E-state index in [9.17, 15) is 4.79 Å². The van der Waals surface area contributed by atoms with Gasteiger partial charge in [0.2, 0.25) is 0 Å². The van der Waals surface area contributed by atoms with Crippen molar-refractivity contribution in [2.45, 2.75) is 6.92 Å². The van der Waals surface area contributed by atoms with Crippen molar-refractivity contribution in [1.82, 2.24) is 14.1 Å². The van der Waals surface area contributed by atoms with Gasteiger partial charge in [-0.05, 0) is 0 Å². The molecule has 0 radical (unpaired) electrons. The second-order valence-corrected chi connectivity index (χ2v) is 4.67. The van der Waals surface area contributed by atoms with Crippen molar-refractivity contribution >= 4 is 20.6 Å². The van der Waals surface area contributed by atoms with E-state index in [1.54, 1.807) is 0 Å². The molecule has 0 spiro atoms. The SMILES string of the molecule is Cc1nn[se]c1C(=O)N1CCOCC1. The van der Waals surface area contributed by atoms with Crippen molar-refractivity contribution in [3.63, 3.8) is 0 Å². The van der Waals surface area contributed by atoms with E-state index >= 15 is 0 Å². The maximum atomic E-state index is 11.9. The van der Waals surface area contributed by atoms with E-state index in [0.29, 0.717) is 26.3 Å². The first-order valence-electron chi connectivity index (χ1n) is 4.45. The molecular formula is C8H11N3O2Se. The molecule has 0 atom stereocenters. The number of carbonyl (C=O) groups is 1. The van der Waals surface area contributed by atoms with Gasteiger partial charge in [-0.15, -0.1) is 0 Å². The fraction of sp³-hybridized carbons (Fsp3) is 0.625. The number of hydrogen-bond acceptors (Lipinski definition) is 4. The summed E-state index contributed by atoms with van der Waals surface area (Å²) in [6, 6.07) is 0. The number of aryl methyl sites for hydroxylation is 1. The van der Waals surface area contributed by atoms with Crippen LogP contribution in [0.25, 0.3) is 0 Å². The Hall–Kier alpha value is -0.711. The van der Waals surface area contributed by atoms with Crippen LogP contribution in [0.2, 0.25) is 0 Å². The van der Waals surface area contributed by atoms with Gasteiger partial charge in [0.05, 0.1) is 0 Å². The van der Waals surface area contributed by atoms with Crippen molar-refractivity contribution in [1.29, 1.82) is 0 Å². The molecule has 1 aliphatic rings. The Balaban J connectivity index is 2.11. The third kappa shape index (κ3) is 1.87. The number of aromatic nitrogens is 2. The fourth-order valence-electron chi connectivity index (χ4n) is 1.34. The maximum absolute atomic E-state index is 11.9. The molecule has 5 nitrogen and oxygen atoms in total. The van der Waals surface area contributed by atoms with E-state index in [1.165, 1.54) is 0 Å². The number of morpholine rings is 1. The Morgan fingerprint density at radius 1 is 1.50 bits per heavy atom. The summed E-state index contributed by atoms with van der Waals surface area (Å²) >= 11 is -0.112. The summed E-state index contributed by atoms with van der Waals surface area (Å²) < 4.78 is 9.88. The summed E-state index contributed by atoms with van der Waals surface area (Å²) in [5, 5.41) is 3.89. The molecule has 0 saturated carbocycles. The van der Waals surface area contributed by atoms with Gasteiger partial charge in [0.25, 0.3) is 0 Å². The monoisotopic (exact) mass is 261 g/mol. The second kappa shape index (κ2) is 4.21. The summed E-state index contributed by atoms with van der Waals surface area (Å²) in [6.45, 7) is 4.49. The quantitative estimate of drug-likeness (QED) is 0.627. The first-order valence-corrected chi connectivity index (χ1v) is 6.07. The van der Waals surface area contributed by atoms with E-state index < -0.39 is 0 Å². The molecule has 1 aliphatic heterocycles. The normalized spacial score (nSPS) is 17.1. The Morgan fingerprint density at radius 2 is 2.21 bits per heavy atom. The molecule has 2 rings (SSSR count). The third-order valence-corrected chi connectivity index (χ3v) is 3.86. The van der Waals surface area contributed by atoms with Gasteiger partial charge >= 0.3 is 87.6 Å². The summed E-state index contributed by atoms with van der Waals surface area (Å²) in [6.07, 6.45) is 0. The molecule has 76 valence electrons. The van der Waals surface area contributed by atoms with Gasteiger partial charge in [0.15, 0.2) is 0 Å². The van der Waals surface area contributed by atoms with Crippen LogP contribution in [0.1, 0.15) is 14.9 Å². The van der Waals surface area contributed by atoms with Gasteiger partial charge < -0.3 is 0 Å². The van der Waals surface area contributed by atoms with E-state index in [0.717, 1.165) is 10.1 Å². The molecule has 0 bridgehead atoms. The first-order chi connectivity index (χ1) is 6.79. The average molecular weight is 260 g/mol. The molecule has 0 N–H and O–H groups in total. The molecule has 1 aromatic rings. The van der Waals surface area contributed by atoms with Crippen LogP contribution in [0.15, 0.2) is 0 Å². The minimum absolute atomic E-state index is 0.0933. The van der Waals surface area contributed by atoms with Crippen LogP contribution in [-0.2, 0) is 4.74 Å². The van der Waals surface area contributed by atoms with Gasteiger partial charge in [-0.1, -0.05) is 0 Å². The molecule has 14 heavy (non-hydrogen) atoms. The molecule has 1 amide bonds. The van der Waals surface area contributed by atoms with Crippen molar-refractivity contribution in [3.05, 3.63) is 10.1 Å². The van der Waals surface area contributed by atoms with Gasteiger partial charge in [-0.25, -0.2) is 0 Å². The van der Waals surface area contributed by atoms with Crippen LogP contribution in [0, 0.1) is 6.92 Å². The third-order valence-electron chi connectivity index (χ3n) is 2.14. The predicted octanol–water partition coefficient (Wildman–Crippen LogP) is -0.686. The summed E-state index contributed by atoms with van der Waals surface area (Å²) in [5.41, 5.74) is 0.779. The molecule has 1 saturated heterocycles. The zero-order valence-electron chi connectivity index (χ0n) is 7.89. The van der Waals surface area contributed by atoms with E-state index in [2.05, 4.69) is 9.19 Å². The van der Waals surface area contributed by atoms with E-state index in [4.69, 9.17) is 4.74 Å². The molecule has 2 heterocycles. The number of amides is 1. The standard InChI is InChI=1S/C8H11N3O2Se/c1-6-7(14-10-9-6)8(12)11-2-4-13-5-3-11/h2-5H2,1H3. The Labute approximate surface area is 88.0 Å².